The predicted molar refractivity (Wildman–Crippen MR) is 107 cm³/mol. The molecule has 0 aliphatic rings. The monoisotopic (exact) mass is 406 g/mol. The molecule has 0 unspecified atom stereocenters. The third-order valence-electron chi connectivity index (χ3n) is 3.51. The lowest BCUT2D eigenvalue weighted by atomic mass is 10.2. The van der Waals surface area contributed by atoms with E-state index in [0.29, 0.717) is 40.4 Å². The van der Waals surface area contributed by atoms with E-state index >= 15 is 0 Å². The van der Waals surface area contributed by atoms with Gasteiger partial charge in [-0.1, -0.05) is 64.9 Å². The molecule has 0 spiro atoms. The van der Waals surface area contributed by atoms with Crippen molar-refractivity contribution < 1.29 is 9.53 Å². The summed E-state index contributed by atoms with van der Waals surface area (Å²) in [5.41, 5.74) is 1.08. The van der Waals surface area contributed by atoms with Crippen molar-refractivity contribution in [2.45, 2.75) is 12.8 Å². The van der Waals surface area contributed by atoms with Crippen LogP contribution in [0.5, 0.6) is 5.75 Å². The third-order valence-corrected chi connectivity index (χ3v) is 5.00. The van der Waals surface area contributed by atoms with E-state index in [9.17, 15) is 4.79 Å². The maximum absolute atomic E-state index is 12.0. The van der Waals surface area contributed by atoms with Gasteiger partial charge in [0.05, 0.1) is 16.5 Å². The Morgan fingerprint density at radius 3 is 2.73 bits per heavy atom. The van der Waals surface area contributed by atoms with E-state index in [4.69, 9.17) is 27.9 Å². The van der Waals surface area contributed by atoms with Crippen LogP contribution >= 0.6 is 34.5 Å². The molecule has 7 heteroatoms. The van der Waals surface area contributed by atoms with Crippen molar-refractivity contribution in [3.05, 3.63) is 64.8 Å². The highest BCUT2D eigenvalue weighted by Crippen LogP contribution is 2.29. The second-order valence-corrected chi connectivity index (χ2v) is 7.34. The Bertz CT molecular complexity index is 884. The van der Waals surface area contributed by atoms with Crippen molar-refractivity contribution in [3.63, 3.8) is 0 Å². The molecule has 0 saturated heterocycles. The number of halogens is 2. The molecule has 1 heterocycles. The maximum atomic E-state index is 12.0. The van der Waals surface area contributed by atoms with E-state index in [1.54, 1.807) is 24.4 Å². The topological polar surface area (TPSA) is 51.2 Å². The molecule has 0 bridgehead atoms. The van der Waals surface area contributed by atoms with Gasteiger partial charge in [0.2, 0.25) is 5.91 Å². The molecule has 134 valence electrons. The molecule has 0 atom stereocenters. The second-order valence-electron chi connectivity index (χ2n) is 5.47. The van der Waals surface area contributed by atoms with E-state index < -0.39 is 0 Å². The summed E-state index contributed by atoms with van der Waals surface area (Å²) in [5, 5.41) is 4.42. The maximum Gasteiger partial charge on any atom is 0.226 e. The van der Waals surface area contributed by atoms with Gasteiger partial charge in [-0.25, -0.2) is 4.98 Å². The molecule has 3 rings (SSSR count). The van der Waals surface area contributed by atoms with Gasteiger partial charge >= 0.3 is 0 Å². The SMILES string of the molecule is O=C(CCCOc1ccc(Cl)cc1Cl)Nc1ncc(-c2ccccc2)s1. The summed E-state index contributed by atoms with van der Waals surface area (Å²) in [6, 6.07) is 15.0. The summed E-state index contributed by atoms with van der Waals surface area (Å²) in [4.78, 5) is 17.3. The van der Waals surface area contributed by atoms with Gasteiger partial charge in [-0.05, 0) is 30.2 Å². The van der Waals surface area contributed by atoms with Gasteiger partial charge in [0.1, 0.15) is 5.75 Å². The number of hydrogen-bond donors (Lipinski definition) is 1. The summed E-state index contributed by atoms with van der Waals surface area (Å²) < 4.78 is 5.57. The lowest BCUT2D eigenvalue weighted by molar-refractivity contribution is -0.116. The number of amides is 1. The molecular weight excluding hydrogens is 391 g/mol. The molecule has 3 aromatic rings. The van der Waals surface area contributed by atoms with E-state index in [0.717, 1.165) is 10.4 Å². The summed E-state index contributed by atoms with van der Waals surface area (Å²) in [6.45, 7) is 0.391. The first-order valence-corrected chi connectivity index (χ1v) is 9.58. The lowest BCUT2D eigenvalue weighted by Crippen LogP contribution is -2.12. The van der Waals surface area contributed by atoms with Gasteiger partial charge in [0.15, 0.2) is 5.13 Å². The van der Waals surface area contributed by atoms with Crippen LogP contribution in [0.15, 0.2) is 54.7 Å². The molecule has 1 aromatic heterocycles. The molecule has 0 aliphatic heterocycles. The zero-order valence-electron chi connectivity index (χ0n) is 13.7. The normalized spacial score (nSPS) is 10.5. The largest absolute Gasteiger partial charge is 0.492 e. The number of rotatable bonds is 7. The average Bonchev–Trinajstić information content (AvgIpc) is 3.09. The number of ether oxygens (including phenoxy) is 1. The quantitative estimate of drug-likeness (QED) is 0.495. The van der Waals surface area contributed by atoms with Crippen LogP contribution in [0.3, 0.4) is 0 Å². The van der Waals surface area contributed by atoms with Gasteiger partial charge < -0.3 is 10.1 Å². The van der Waals surface area contributed by atoms with Crippen LogP contribution in [0, 0.1) is 0 Å². The lowest BCUT2D eigenvalue weighted by Gasteiger charge is -2.08. The highest BCUT2D eigenvalue weighted by Gasteiger charge is 2.08. The van der Waals surface area contributed by atoms with Gasteiger partial charge in [0, 0.05) is 17.6 Å². The first-order valence-electron chi connectivity index (χ1n) is 8.01. The number of thiazole rings is 1. The Labute approximate surface area is 165 Å². The number of carbonyl (C=O) groups excluding carboxylic acids is 1. The Hall–Kier alpha value is -2.08. The number of nitrogens with zero attached hydrogens (tertiary/aromatic N) is 1. The van der Waals surface area contributed by atoms with Crippen LogP contribution in [0.1, 0.15) is 12.8 Å². The van der Waals surface area contributed by atoms with Gasteiger partial charge in [-0.2, -0.15) is 0 Å². The minimum atomic E-state index is -0.0928. The van der Waals surface area contributed by atoms with E-state index in [1.165, 1.54) is 11.3 Å². The third kappa shape index (κ3) is 5.21. The van der Waals surface area contributed by atoms with Crippen molar-refractivity contribution in [1.82, 2.24) is 4.98 Å². The number of nitrogens with one attached hydrogen (secondary N) is 1. The molecule has 0 aliphatic carbocycles. The second kappa shape index (κ2) is 9.03. The molecule has 0 fully saturated rings. The Morgan fingerprint density at radius 2 is 1.96 bits per heavy atom. The minimum Gasteiger partial charge on any atom is -0.492 e. The number of aromatic nitrogens is 1. The van der Waals surface area contributed by atoms with Gasteiger partial charge in [-0.15, -0.1) is 0 Å². The molecule has 0 radical (unpaired) electrons. The van der Waals surface area contributed by atoms with Crippen LogP contribution in [-0.2, 0) is 4.79 Å². The van der Waals surface area contributed by atoms with Gasteiger partial charge in [-0.3, -0.25) is 4.79 Å². The predicted octanol–water partition coefficient (Wildman–Crippen LogP) is 5.91. The zero-order chi connectivity index (χ0) is 18.4. The number of carbonyl (C=O) groups is 1. The fourth-order valence-electron chi connectivity index (χ4n) is 2.26. The Balaban J connectivity index is 1.44. The van der Waals surface area contributed by atoms with E-state index in [-0.39, 0.29) is 5.91 Å². The molecule has 2 aromatic carbocycles. The van der Waals surface area contributed by atoms with E-state index in [2.05, 4.69) is 10.3 Å². The van der Waals surface area contributed by atoms with Crippen LogP contribution in [-0.4, -0.2) is 17.5 Å². The average molecular weight is 407 g/mol. The summed E-state index contributed by atoms with van der Waals surface area (Å²) in [7, 11) is 0. The zero-order valence-corrected chi connectivity index (χ0v) is 16.1. The van der Waals surface area contributed by atoms with Crippen LogP contribution in [0.2, 0.25) is 10.0 Å². The van der Waals surface area contributed by atoms with Crippen molar-refractivity contribution in [3.8, 4) is 16.2 Å². The van der Waals surface area contributed by atoms with Crippen molar-refractivity contribution >= 4 is 45.6 Å². The molecule has 4 nitrogen and oxygen atoms in total. The molecule has 0 saturated carbocycles. The minimum absolute atomic E-state index is 0.0928. The van der Waals surface area contributed by atoms with Crippen molar-refractivity contribution in [2.75, 3.05) is 11.9 Å². The molecule has 26 heavy (non-hydrogen) atoms. The van der Waals surface area contributed by atoms with Crippen LogP contribution < -0.4 is 10.1 Å². The number of hydrogen-bond acceptors (Lipinski definition) is 4. The Kier molecular flexibility index (Phi) is 6.50. The van der Waals surface area contributed by atoms with Crippen molar-refractivity contribution in [1.29, 1.82) is 0 Å². The van der Waals surface area contributed by atoms with Crippen LogP contribution in [0.25, 0.3) is 10.4 Å². The molecule has 1 amide bonds. The van der Waals surface area contributed by atoms with Crippen molar-refractivity contribution in [2.24, 2.45) is 0 Å². The molecular formula is C19H16Cl2N2O2S. The summed E-state index contributed by atoms with van der Waals surface area (Å²) in [5.74, 6) is 0.466. The highest BCUT2D eigenvalue weighted by atomic mass is 35.5. The summed E-state index contributed by atoms with van der Waals surface area (Å²) in [6.07, 6.45) is 2.68. The number of anilines is 1. The Morgan fingerprint density at radius 1 is 1.15 bits per heavy atom. The highest BCUT2D eigenvalue weighted by molar-refractivity contribution is 7.19. The van der Waals surface area contributed by atoms with Gasteiger partial charge in [0.25, 0.3) is 0 Å². The fourth-order valence-corrected chi connectivity index (χ4v) is 3.56. The first kappa shape index (κ1) is 18.7. The number of benzene rings is 2. The van der Waals surface area contributed by atoms with E-state index in [1.807, 2.05) is 30.3 Å². The van der Waals surface area contributed by atoms with Crippen LogP contribution in [0.4, 0.5) is 5.13 Å². The smallest absolute Gasteiger partial charge is 0.226 e. The first-order chi connectivity index (χ1) is 12.6. The summed E-state index contributed by atoms with van der Waals surface area (Å²) >= 11 is 13.3. The standard InChI is InChI=1S/C19H16Cl2N2O2S/c20-14-8-9-16(15(21)11-14)25-10-4-7-18(24)23-19-22-12-17(26-19)13-5-2-1-3-6-13/h1-3,5-6,8-9,11-12H,4,7,10H2,(H,22,23,24). The fraction of sp³-hybridized carbons (Fsp3) is 0.158. The molecule has 1 N–H and O–H groups in total.